The lowest BCUT2D eigenvalue weighted by Crippen LogP contribution is -2.47. The molecule has 0 spiro atoms. The van der Waals surface area contributed by atoms with Crippen molar-refractivity contribution in [3.05, 3.63) is 52.6 Å². The van der Waals surface area contributed by atoms with Gasteiger partial charge in [0.2, 0.25) is 0 Å². The number of esters is 1. The van der Waals surface area contributed by atoms with Crippen molar-refractivity contribution in [3.63, 3.8) is 0 Å². The van der Waals surface area contributed by atoms with Gasteiger partial charge in [0, 0.05) is 11.8 Å². The summed E-state index contributed by atoms with van der Waals surface area (Å²) in [6.45, 7) is 7.32. The summed E-state index contributed by atoms with van der Waals surface area (Å²) in [6.07, 6.45) is 5.16. The summed E-state index contributed by atoms with van der Waals surface area (Å²) >= 11 is 0. The van der Waals surface area contributed by atoms with Crippen LogP contribution >= 0.6 is 0 Å². The van der Waals surface area contributed by atoms with Gasteiger partial charge in [-0.2, -0.15) is 0 Å². The molecule has 0 amide bonds. The van der Waals surface area contributed by atoms with E-state index in [4.69, 9.17) is 4.74 Å². The minimum atomic E-state index is -1.25. The van der Waals surface area contributed by atoms with E-state index in [1.807, 2.05) is 32.9 Å². The number of carbonyl (C=O) groups is 2. The van der Waals surface area contributed by atoms with E-state index in [0.29, 0.717) is 16.7 Å². The standard InChI is InChI=1S/C20H24O4/c1-13-7-6-8-15(17(13)18(22)24-5)9-10-20(23)14(2)11-16(21)12-19(20,3)4/h6-11,23H,12H2,1-5H3/b10-9+. The summed E-state index contributed by atoms with van der Waals surface area (Å²) in [5.74, 6) is -0.397. The van der Waals surface area contributed by atoms with Crippen LogP contribution in [0.1, 0.15) is 48.7 Å². The smallest absolute Gasteiger partial charge is 0.338 e. The molecule has 0 radical (unpaired) electrons. The Morgan fingerprint density at radius 3 is 2.54 bits per heavy atom. The third-order valence-corrected chi connectivity index (χ3v) is 4.83. The topological polar surface area (TPSA) is 63.6 Å². The summed E-state index contributed by atoms with van der Waals surface area (Å²) in [5.41, 5.74) is 0.683. The molecule has 0 heterocycles. The molecule has 0 saturated carbocycles. The van der Waals surface area contributed by atoms with Crippen LogP contribution in [0, 0.1) is 12.3 Å². The van der Waals surface area contributed by atoms with Gasteiger partial charge in [0.15, 0.2) is 5.78 Å². The summed E-state index contributed by atoms with van der Waals surface area (Å²) in [7, 11) is 1.35. The Hall–Kier alpha value is -2.20. The molecule has 1 aliphatic carbocycles. The van der Waals surface area contributed by atoms with Crippen LogP contribution in [-0.4, -0.2) is 29.6 Å². The molecule has 1 N–H and O–H groups in total. The maximum atomic E-state index is 12.0. The van der Waals surface area contributed by atoms with E-state index in [2.05, 4.69) is 0 Å². The number of aryl methyl sites for hydroxylation is 1. The monoisotopic (exact) mass is 328 g/mol. The first kappa shape index (κ1) is 18.1. The Morgan fingerprint density at radius 1 is 1.29 bits per heavy atom. The summed E-state index contributed by atoms with van der Waals surface area (Å²) in [4.78, 5) is 23.9. The molecule has 1 aliphatic rings. The minimum absolute atomic E-state index is 0.0152. The van der Waals surface area contributed by atoms with Gasteiger partial charge in [-0.15, -0.1) is 0 Å². The molecule has 0 saturated heterocycles. The first-order chi connectivity index (χ1) is 11.1. The summed E-state index contributed by atoms with van der Waals surface area (Å²) in [5, 5.41) is 11.2. The second-order valence-corrected chi connectivity index (χ2v) is 6.98. The Kier molecular flexibility index (Phi) is 4.81. The van der Waals surface area contributed by atoms with Crippen LogP contribution in [0.25, 0.3) is 6.08 Å². The number of carbonyl (C=O) groups excluding carboxylic acids is 2. The molecule has 4 nitrogen and oxygen atoms in total. The molecule has 1 aromatic rings. The molecule has 1 aromatic carbocycles. The van der Waals surface area contributed by atoms with Gasteiger partial charge in [0.05, 0.1) is 12.7 Å². The van der Waals surface area contributed by atoms with Gasteiger partial charge in [0.1, 0.15) is 5.60 Å². The highest BCUT2D eigenvalue weighted by Gasteiger charge is 2.46. The van der Waals surface area contributed by atoms with Crippen LogP contribution in [0.5, 0.6) is 0 Å². The van der Waals surface area contributed by atoms with Crippen LogP contribution < -0.4 is 0 Å². The maximum Gasteiger partial charge on any atom is 0.338 e. The molecule has 1 unspecified atom stereocenters. The Morgan fingerprint density at radius 2 is 1.96 bits per heavy atom. The Bertz CT molecular complexity index is 740. The highest BCUT2D eigenvalue weighted by Crippen LogP contribution is 2.44. The molecule has 0 aliphatic heterocycles. The number of ether oxygens (including phenoxy) is 1. The molecule has 4 heteroatoms. The van der Waals surface area contributed by atoms with E-state index in [1.165, 1.54) is 13.2 Å². The Labute approximate surface area is 142 Å². The number of hydrogen-bond donors (Lipinski definition) is 1. The molecule has 1 atom stereocenters. The average Bonchev–Trinajstić information content (AvgIpc) is 2.49. The third kappa shape index (κ3) is 3.06. The highest BCUT2D eigenvalue weighted by atomic mass is 16.5. The van der Waals surface area contributed by atoms with Gasteiger partial charge in [-0.05, 0) is 42.7 Å². The molecule has 0 fully saturated rings. The van der Waals surface area contributed by atoms with Crippen molar-refractivity contribution in [3.8, 4) is 0 Å². The zero-order valence-corrected chi connectivity index (χ0v) is 14.8. The Balaban J connectivity index is 2.51. The quantitative estimate of drug-likeness (QED) is 0.863. The molecular weight excluding hydrogens is 304 g/mol. The molecule has 0 bridgehead atoms. The number of benzene rings is 1. The van der Waals surface area contributed by atoms with Crippen LogP contribution in [0.15, 0.2) is 35.9 Å². The fourth-order valence-electron chi connectivity index (χ4n) is 3.28. The van der Waals surface area contributed by atoms with Gasteiger partial charge in [0.25, 0.3) is 0 Å². The SMILES string of the molecule is COC(=O)c1c(C)cccc1/C=C/C1(O)C(C)=CC(=O)CC1(C)C. The highest BCUT2D eigenvalue weighted by molar-refractivity contribution is 5.95. The third-order valence-electron chi connectivity index (χ3n) is 4.83. The van der Waals surface area contributed by atoms with E-state index < -0.39 is 17.0 Å². The lowest BCUT2D eigenvalue weighted by molar-refractivity contribution is -0.121. The van der Waals surface area contributed by atoms with E-state index in [-0.39, 0.29) is 12.2 Å². The number of allylic oxidation sites excluding steroid dienone is 1. The van der Waals surface area contributed by atoms with Crippen molar-refractivity contribution in [1.29, 1.82) is 0 Å². The molecular formula is C20H24O4. The fraction of sp³-hybridized carbons (Fsp3) is 0.400. The lowest BCUT2D eigenvalue weighted by Gasteiger charge is -2.44. The second-order valence-electron chi connectivity index (χ2n) is 6.98. The maximum absolute atomic E-state index is 12.0. The van der Waals surface area contributed by atoms with E-state index >= 15 is 0 Å². The average molecular weight is 328 g/mol. The van der Waals surface area contributed by atoms with E-state index in [9.17, 15) is 14.7 Å². The normalized spacial score (nSPS) is 23.2. The van der Waals surface area contributed by atoms with Gasteiger partial charge in [-0.3, -0.25) is 4.79 Å². The molecule has 24 heavy (non-hydrogen) atoms. The molecule has 128 valence electrons. The van der Waals surface area contributed by atoms with Crippen molar-refractivity contribution in [2.45, 2.75) is 39.7 Å². The number of hydrogen-bond acceptors (Lipinski definition) is 4. The van der Waals surface area contributed by atoms with E-state index in [0.717, 1.165) is 5.56 Å². The predicted molar refractivity (Wildman–Crippen MR) is 93.7 cm³/mol. The minimum Gasteiger partial charge on any atom is -0.465 e. The molecule has 2 rings (SSSR count). The fourth-order valence-corrected chi connectivity index (χ4v) is 3.28. The first-order valence-corrected chi connectivity index (χ1v) is 7.93. The van der Waals surface area contributed by atoms with Crippen molar-refractivity contribution >= 4 is 17.8 Å². The van der Waals surface area contributed by atoms with Crippen LogP contribution in [0.2, 0.25) is 0 Å². The molecule has 0 aromatic heterocycles. The van der Waals surface area contributed by atoms with Crippen molar-refractivity contribution < 1.29 is 19.4 Å². The van der Waals surface area contributed by atoms with Crippen molar-refractivity contribution in [2.75, 3.05) is 7.11 Å². The van der Waals surface area contributed by atoms with Gasteiger partial charge in [-0.25, -0.2) is 4.79 Å². The van der Waals surface area contributed by atoms with Gasteiger partial charge in [-0.1, -0.05) is 38.1 Å². The van der Waals surface area contributed by atoms with Crippen LogP contribution in [-0.2, 0) is 9.53 Å². The summed E-state index contributed by atoms with van der Waals surface area (Å²) in [6, 6.07) is 5.50. The number of aliphatic hydroxyl groups is 1. The zero-order valence-electron chi connectivity index (χ0n) is 14.8. The lowest BCUT2D eigenvalue weighted by atomic mass is 9.64. The van der Waals surface area contributed by atoms with Gasteiger partial charge < -0.3 is 9.84 Å². The van der Waals surface area contributed by atoms with Crippen LogP contribution in [0.4, 0.5) is 0 Å². The van der Waals surface area contributed by atoms with Crippen molar-refractivity contribution in [2.24, 2.45) is 5.41 Å². The zero-order chi connectivity index (χ0) is 18.1. The largest absolute Gasteiger partial charge is 0.465 e. The predicted octanol–water partition coefficient (Wildman–Crippen LogP) is 3.47. The van der Waals surface area contributed by atoms with E-state index in [1.54, 1.807) is 25.1 Å². The van der Waals surface area contributed by atoms with Crippen molar-refractivity contribution in [1.82, 2.24) is 0 Å². The van der Waals surface area contributed by atoms with Crippen LogP contribution in [0.3, 0.4) is 0 Å². The number of methoxy groups -OCH3 is 1. The number of rotatable bonds is 3. The number of ketones is 1. The first-order valence-electron chi connectivity index (χ1n) is 7.93. The second kappa shape index (κ2) is 6.36. The summed E-state index contributed by atoms with van der Waals surface area (Å²) < 4.78 is 4.86. The van der Waals surface area contributed by atoms with Gasteiger partial charge >= 0.3 is 5.97 Å².